The number of primary amides is 1. The van der Waals surface area contributed by atoms with E-state index in [0.717, 1.165) is 0 Å². The van der Waals surface area contributed by atoms with Crippen LogP contribution < -0.4 is 11.5 Å². The number of halogens is 2. The number of aliphatic imine (C=N–C) groups is 1. The summed E-state index contributed by atoms with van der Waals surface area (Å²) < 4.78 is 0. The van der Waals surface area contributed by atoms with Crippen molar-refractivity contribution in [1.82, 2.24) is 0 Å². The van der Waals surface area contributed by atoms with E-state index in [0.29, 0.717) is 0 Å². The first-order valence-electron chi connectivity index (χ1n) is 1.95. The topological polar surface area (TPSA) is 81.5 Å². The summed E-state index contributed by atoms with van der Waals surface area (Å²) in [5.74, 6) is -0.189. The molecule has 0 atom stereocenters. The fraction of sp³-hybridized carbons (Fsp3) is 0.333. The Kier molecular flexibility index (Phi) is 3.34. The molecule has 0 saturated heterocycles. The average Bonchev–Trinajstić information content (AvgIpc) is 1.63. The lowest BCUT2D eigenvalue weighted by molar-refractivity contribution is 0.256. The van der Waals surface area contributed by atoms with E-state index in [9.17, 15) is 4.79 Å². The van der Waals surface area contributed by atoms with Gasteiger partial charge < -0.3 is 11.5 Å². The highest BCUT2D eigenvalue weighted by Crippen LogP contribution is 1.99. The van der Waals surface area contributed by atoms with Gasteiger partial charge in [-0.05, 0) is 0 Å². The van der Waals surface area contributed by atoms with Gasteiger partial charge in [0.1, 0.15) is 5.84 Å². The lowest BCUT2D eigenvalue weighted by Gasteiger charge is -1.95. The molecule has 4 nitrogen and oxygen atoms in total. The molecule has 0 spiro atoms. The Morgan fingerprint density at radius 3 is 2.00 bits per heavy atom. The Hall–Kier alpha value is -0.480. The van der Waals surface area contributed by atoms with Gasteiger partial charge in [0.2, 0.25) is 0 Å². The molecule has 0 aliphatic carbocycles. The van der Waals surface area contributed by atoms with Crippen molar-refractivity contribution in [3.63, 3.8) is 0 Å². The first kappa shape index (κ1) is 8.52. The van der Waals surface area contributed by atoms with Gasteiger partial charge in [0.05, 0.1) is 0 Å². The smallest absolute Gasteiger partial charge is 0.340 e. The van der Waals surface area contributed by atoms with Crippen LogP contribution in [0.25, 0.3) is 0 Å². The monoisotopic (exact) mass is 169 g/mol. The number of amides is 2. The van der Waals surface area contributed by atoms with E-state index < -0.39 is 10.9 Å². The molecule has 4 N–H and O–H groups in total. The lowest BCUT2D eigenvalue weighted by atomic mass is 10.7. The Bertz CT molecular complexity index is 144. The summed E-state index contributed by atoms with van der Waals surface area (Å²) in [6, 6.07) is -0.904. The second-order valence-electron chi connectivity index (χ2n) is 1.18. The third-order valence-corrected chi connectivity index (χ3v) is 0.910. The van der Waals surface area contributed by atoms with Gasteiger partial charge >= 0.3 is 6.03 Å². The summed E-state index contributed by atoms with van der Waals surface area (Å²) >= 11 is 10.3. The highest BCUT2D eigenvalue weighted by Gasteiger charge is 2.03. The molecule has 0 aliphatic rings. The normalized spacial score (nSPS) is 12.1. The minimum Gasteiger partial charge on any atom is -0.385 e. The second kappa shape index (κ2) is 3.53. The number of urea groups is 1. The molecule has 0 radical (unpaired) electrons. The lowest BCUT2D eigenvalue weighted by Crippen LogP contribution is -2.23. The van der Waals surface area contributed by atoms with Crippen LogP contribution in [-0.2, 0) is 0 Å². The van der Waals surface area contributed by atoms with Gasteiger partial charge in [0, 0.05) is 0 Å². The van der Waals surface area contributed by atoms with Gasteiger partial charge in [-0.25, -0.2) is 4.79 Å². The van der Waals surface area contributed by atoms with Gasteiger partial charge in [-0.2, -0.15) is 4.99 Å². The zero-order valence-corrected chi connectivity index (χ0v) is 5.86. The summed E-state index contributed by atoms with van der Waals surface area (Å²) in [6.07, 6.45) is 0. The molecular weight excluding hydrogens is 165 g/mol. The molecule has 0 aromatic carbocycles. The van der Waals surface area contributed by atoms with E-state index in [-0.39, 0.29) is 5.84 Å². The van der Waals surface area contributed by atoms with Crippen molar-refractivity contribution in [2.75, 3.05) is 0 Å². The fourth-order valence-corrected chi connectivity index (χ4v) is 0.274. The number of alkyl halides is 2. The maximum atomic E-state index is 9.95. The third kappa shape index (κ3) is 4.05. The van der Waals surface area contributed by atoms with E-state index in [4.69, 9.17) is 28.9 Å². The van der Waals surface area contributed by atoms with E-state index in [1.165, 1.54) is 0 Å². The predicted octanol–water partition coefficient (Wildman–Crippen LogP) is 0.226. The van der Waals surface area contributed by atoms with Crippen molar-refractivity contribution in [3.8, 4) is 0 Å². The standard InChI is InChI=1S/C3H5Cl2N3O/c4-1(5)2(6)8-3(7)9/h1H,(H4,6,7,8,9). The van der Waals surface area contributed by atoms with Crippen molar-refractivity contribution < 1.29 is 4.79 Å². The van der Waals surface area contributed by atoms with Crippen LogP contribution in [-0.4, -0.2) is 16.7 Å². The summed E-state index contributed by atoms with van der Waals surface area (Å²) in [6.45, 7) is 0. The zero-order chi connectivity index (χ0) is 7.44. The molecule has 0 heterocycles. The maximum Gasteiger partial charge on any atom is 0.340 e. The number of nitrogens with zero attached hydrogens (tertiary/aromatic N) is 1. The van der Waals surface area contributed by atoms with E-state index in [1.807, 2.05) is 0 Å². The number of carbonyl (C=O) groups excluding carboxylic acids is 1. The summed E-state index contributed by atoms with van der Waals surface area (Å²) in [5.41, 5.74) is 9.61. The molecule has 6 heteroatoms. The van der Waals surface area contributed by atoms with Gasteiger partial charge in [-0.1, -0.05) is 23.2 Å². The van der Waals surface area contributed by atoms with Crippen molar-refractivity contribution in [3.05, 3.63) is 0 Å². The summed E-state index contributed by atoms with van der Waals surface area (Å²) in [4.78, 5) is 12.0. The third-order valence-electron chi connectivity index (χ3n) is 0.463. The molecular formula is C3H5Cl2N3O. The Morgan fingerprint density at radius 1 is 1.44 bits per heavy atom. The Labute approximate surface area is 61.8 Å². The molecule has 0 rings (SSSR count). The van der Waals surface area contributed by atoms with Crippen LogP contribution in [0.5, 0.6) is 0 Å². The van der Waals surface area contributed by atoms with Gasteiger partial charge in [-0.3, -0.25) is 0 Å². The molecule has 0 unspecified atom stereocenters. The van der Waals surface area contributed by atoms with Crippen LogP contribution in [0.1, 0.15) is 0 Å². The van der Waals surface area contributed by atoms with Gasteiger partial charge in [0.15, 0.2) is 4.84 Å². The molecule has 0 aliphatic heterocycles. The number of nitrogens with two attached hydrogens (primary N) is 2. The Morgan fingerprint density at radius 2 is 1.89 bits per heavy atom. The van der Waals surface area contributed by atoms with Crippen LogP contribution in [0.2, 0.25) is 0 Å². The van der Waals surface area contributed by atoms with Gasteiger partial charge in [0.25, 0.3) is 0 Å². The minimum atomic E-state index is -0.975. The molecule has 0 bridgehead atoms. The first-order chi connectivity index (χ1) is 4.04. The second-order valence-corrected chi connectivity index (χ2v) is 2.27. The largest absolute Gasteiger partial charge is 0.385 e. The number of carbonyl (C=O) groups is 1. The molecule has 0 fully saturated rings. The predicted molar refractivity (Wildman–Crippen MR) is 36.7 cm³/mol. The molecule has 0 aromatic rings. The van der Waals surface area contributed by atoms with Crippen LogP contribution in [0.4, 0.5) is 4.79 Å². The van der Waals surface area contributed by atoms with Crippen molar-refractivity contribution >= 4 is 35.1 Å². The van der Waals surface area contributed by atoms with Crippen LogP contribution in [0.3, 0.4) is 0 Å². The molecule has 52 valence electrons. The number of rotatable bonds is 1. The van der Waals surface area contributed by atoms with Gasteiger partial charge in [-0.15, -0.1) is 0 Å². The van der Waals surface area contributed by atoms with Crippen LogP contribution in [0, 0.1) is 0 Å². The van der Waals surface area contributed by atoms with E-state index in [2.05, 4.69) is 10.7 Å². The Balaban J connectivity index is 4.00. The fourth-order valence-electron chi connectivity index (χ4n) is 0.176. The highest BCUT2D eigenvalue weighted by molar-refractivity contribution is 6.54. The maximum absolute atomic E-state index is 9.95. The summed E-state index contributed by atoms with van der Waals surface area (Å²) in [5, 5.41) is 0. The first-order valence-corrected chi connectivity index (χ1v) is 2.83. The summed E-state index contributed by atoms with van der Waals surface area (Å²) in [7, 11) is 0. The van der Waals surface area contributed by atoms with E-state index >= 15 is 0 Å². The number of hydrogen-bond acceptors (Lipinski definition) is 1. The number of hydrogen-bond donors (Lipinski definition) is 2. The molecule has 0 saturated carbocycles. The molecule has 9 heavy (non-hydrogen) atoms. The van der Waals surface area contributed by atoms with Crippen molar-refractivity contribution in [2.45, 2.75) is 4.84 Å². The minimum absolute atomic E-state index is 0.189. The average molecular weight is 170 g/mol. The quantitative estimate of drug-likeness (QED) is 0.335. The molecule has 0 aromatic heterocycles. The van der Waals surface area contributed by atoms with Crippen LogP contribution in [0.15, 0.2) is 4.99 Å². The van der Waals surface area contributed by atoms with Crippen LogP contribution >= 0.6 is 23.2 Å². The SMILES string of the molecule is NC(=O)/N=C(\N)C(Cl)Cl. The van der Waals surface area contributed by atoms with E-state index in [1.54, 1.807) is 0 Å². The van der Waals surface area contributed by atoms with Crippen molar-refractivity contribution in [1.29, 1.82) is 0 Å². The highest BCUT2D eigenvalue weighted by atomic mass is 35.5. The number of amidine groups is 1. The van der Waals surface area contributed by atoms with Crippen molar-refractivity contribution in [2.24, 2.45) is 16.5 Å². The molecule has 2 amide bonds. The zero-order valence-electron chi connectivity index (χ0n) is 4.34.